The molecule has 7 heteroatoms. The van der Waals surface area contributed by atoms with Crippen LogP contribution < -0.4 is 14.8 Å². The van der Waals surface area contributed by atoms with Crippen LogP contribution >= 0.6 is 0 Å². The number of non-ortho nitro benzene ring substituents is 1. The van der Waals surface area contributed by atoms with Crippen molar-refractivity contribution in [2.75, 3.05) is 25.6 Å². The highest BCUT2D eigenvalue weighted by atomic mass is 16.6. The van der Waals surface area contributed by atoms with E-state index in [1.807, 2.05) is 18.2 Å². The lowest BCUT2D eigenvalue weighted by molar-refractivity contribution is -0.384. The highest BCUT2D eigenvalue weighted by molar-refractivity contribution is 5.61. The van der Waals surface area contributed by atoms with Crippen molar-refractivity contribution in [3.05, 3.63) is 58.1 Å². The van der Waals surface area contributed by atoms with Gasteiger partial charge in [-0.1, -0.05) is 12.1 Å². The summed E-state index contributed by atoms with van der Waals surface area (Å²) in [5, 5.41) is 22.8. The normalized spacial score (nSPS) is 9.74. The van der Waals surface area contributed by atoms with E-state index in [0.717, 1.165) is 0 Å². The lowest BCUT2D eigenvalue weighted by Crippen LogP contribution is -2.12. The fourth-order valence-corrected chi connectivity index (χ4v) is 1.98. The van der Waals surface area contributed by atoms with Crippen molar-refractivity contribution in [1.29, 1.82) is 5.26 Å². The maximum atomic E-state index is 10.7. The Kier molecular flexibility index (Phi) is 5.36. The molecule has 118 valence electrons. The smallest absolute Gasteiger partial charge is 0.270 e. The molecule has 0 aliphatic rings. The number of nitro groups is 1. The summed E-state index contributed by atoms with van der Waals surface area (Å²) in [5.41, 5.74) is 0.635. The molecule has 0 aliphatic carbocycles. The molecule has 0 heterocycles. The zero-order valence-corrected chi connectivity index (χ0v) is 12.5. The minimum atomic E-state index is -0.532. The average molecular weight is 313 g/mol. The molecule has 0 aliphatic heterocycles. The number of anilines is 1. The molecule has 2 aromatic carbocycles. The number of ether oxygens (including phenoxy) is 2. The van der Waals surface area contributed by atoms with Gasteiger partial charge in [-0.25, -0.2) is 0 Å². The van der Waals surface area contributed by atoms with Crippen molar-refractivity contribution in [2.45, 2.75) is 0 Å². The first-order valence-corrected chi connectivity index (χ1v) is 6.84. The highest BCUT2D eigenvalue weighted by Crippen LogP contribution is 2.25. The number of benzene rings is 2. The number of methoxy groups -OCH3 is 1. The summed E-state index contributed by atoms with van der Waals surface area (Å²) in [6, 6.07) is 13.3. The van der Waals surface area contributed by atoms with Gasteiger partial charge >= 0.3 is 0 Å². The molecule has 0 saturated heterocycles. The number of nitro benzene ring substituents is 1. The fourth-order valence-electron chi connectivity index (χ4n) is 1.98. The molecule has 0 spiro atoms. The molecule has 0 aromatic heterocycles. The Balaban J connectivity index is 1.94. The quantitative estimate of drug-likeness (QED) is 0.479. The monoisotopic (exact) mass is 313 g/mol. The highest BCUT2D eigenvalue weighted by Gasteiger charge is 2.10. The molecule has 2 rings (SSSR count). The van der Waals surface area contributed by atoms with Crippen LogP contribution in [0.15, 0.2) is 42.5 Å². The van der Waals surface area contributed by atoms with Gasteiger partial charge in [0.1, 0.15) is 12.7 Å². The molecular weight excluding hydrogens is 298 g/mol. The van der Waals surface area contributed by atoms with Crippen molar-refractivity contribution in [3.8, 4) is 17.6 Å². The Morgan fingerprint density at radius 2 is 2.00 bits per heavy atom. The van der Waals surface area contributed by atoms with Crippen LogP contribution in [0.25, 0.3) is 0 Å². The van der Waals surface area contributed by atoms with Gasteiger partial charge in [0.2, 0.25) is 0 Å². The molecule has 0 unspecified atom stereocenters. The maximum Gasteiger partial charge on any atom is 0.270 e. The minimum absolute atomic E-state index is 0.114. The number of rotatable bonds is 7. The van der Waals surface area contributed by atoms with Crippen LogP contribution in [0.1, 0.15) is 5.56 Å². The van der Waals surface area contributed by atoms with E-state index in [2.05, 4.69) is 5.32 Å². The zero-order valence-electron chi connectivity index (χ0n) is 12.5. The molecular formula is C16H15N3O4. The van der Waals surface area contributed by atoms with Gasteiger partial charge in [0.05, 0.1) is 23.3 Å². The molecule has 0 radical (unpaired) electrons. The third kappa shape index (κ3) is 4.11. The number of para-hydroxylation sites is 2. The summed E-state index contributed by atoms with van der Waals surface area (Å²) < 4.78 is 10.8. The minimum Gasteiger partial charge on any atom is -0.493 e. The third-order valence-electron chi connectivity index (χ3n) is 3.08. The molecule has 1 N–H and O–H groups in total. The first-order valence-electron chi connectivity index (χ1n) is 6.84. The van der Waals surface area contributed by atoms with Gasteiger partial charge in [0.15, 0.2) is 11.5 Å². The first kappa shape index (κ1) is 16.1. The Morgan fingerprint density at radius 1 is 1.26 bits per heavy atom. The van der Waals surface area contributed by atoms with Crippen molar-refractivity contribution in [3.63, 3.8) is 0 Å². The molecule has 0 amide bonds. The zero-order chi connectivity index (χ0) is 16.7. The van der Waals surface area contributed by atoms with Crippen molar-refractivity contribution < 1.29 is 14.4 Å². The van der Waals surface area contributed by atoms with Gasteiger partial charge in [0.25, 0.3) is 5.69 Å². The van der Waals surface area contributed by atoms with Crippen molar-refractivity contribution in [1.82, 2.24) is 0 Å². The number of hydrogen-bond donors (Lipinski definition) is 1. The molecule has 2 aromatic rings. The van der Waals surface area contributed by atoms with Gasteiger partial charge in [-0.15, -0.1) is 0 Å². The standard InChI is InChI=1S/C16H15N3O4/c1-22-15-4-2-3-5-16(15)23-9-8-18-14-7-6-13(19(20)21)10-12(14)11-17/h2-7,10,18H,8-9H2,1H3. The number of nitrogens with one attached hydrogen (secondary N) is 1. The number of hydrogen-bond acceptors (Lipinski definition) is 6. The van der Waals surface area contributed by atoms with E-state index >= 15 is 0 Å². The third-order valence-corrected chi connectivity index (χ3v) is 3.08. The summed E-state index contributed by atoms with van der Waals surface area (Å²) in [5.74, 6) is 1.27. The van der Waals surface area contributed by atoms with Gasteiger partial charge in [-0.2, -0.15) is 5.26 Å². The van der Waals surface area contributed by atoms with Gasteiger partial charge in [-0.05, 0) is 18.2 Å². The SMILES string of the molecule is COc1ccccc1OCCNc1ccc([N+](=O)[O-])cc1C#N. The Labute approximate surface area is 133 Å². The molecule has 0 bridgehead atoms. The van der Waals surface area contributed by atoms with E-state index in [1.54, 1.807) is 19.2 Å². The Hall–Kier alpha value is -3.27. The van der Waals surface area contributed by atoms with Crippen LogP contribution in [0, 0.1) is 21.4 Å². The lowest BCUT2D eigenvalue weighted by atomic mass is 10.1. The van der Waals surface area contributed by atoms with E-state index in [1.165, 1.54) is 18.2 Å². The summed E-state index contributed by atoms with van der Waals surface area (Å²) in [6.07, 6.45) is 0. The van der Waals surface area contributed by atoms with Crippen molar-refractivity contribution >= 4 is 11.4 Å². The topological polar surface area (TPSA) is 97.4 Å². The van der Waals surface area contributed by atoms with Gasteiger partial charge < -0.3 is 14.8 Å². The molecule has 7 nitrogen and oxygen atoms in total. The summed E-state index contributed by atoms with van der Waals surface area (Å²) in [7, 11) is 1.57. The van der Waals surface area contributed by atoms with E-state index in [-0.39, 0.29) is 11.3 Å². The van der Waals surface area contributed by atoms with Gasteiger partial charge in [-0.3, -0.25) is 10.1 Å². The Bertz CT molecular complexity index is 740. The predicted molar refractivity (Wildman–Crippen MR) is 84.8 cm³/mol. The molecule has 0 fully saturated rings. The van der Waals surface area contributed by atoms with Crippen LogP contribution in [0.3, 0.4) is 0 Å². The van der Waals surface area contributed by atoms with Crippen LogP contribution in [-0.4, -0.2) is 25.2 Å². The first-order chi connectivity index (χ1) is 11.2. The second kappa shape index (κ2) is 7.66. The predicted octanol–water partition coefficient (Wildman–Crippen LogP) is 2.97. The van der Waals surface area contributed by atoms with E-state index in [0.29, 0.717) is 30.3 Å². The largest absolute Gasteiger partial charge is 0.493 e. The van der Waals surface area contributed by atoms with Gasteiger partial charge in [0, 0.05) is 18.7 Å². The lowest BCUT2D eigenvalue weighted by Gasteiger charge is -2.12. The average Bonchev–Trinajstić information content (AvgIpc) is 2.58. The summed E-state index contributed by atoms with van der Waals surface area (Å²) in [4.78, 5) is 10.2. The van der Waals surface area contributed by atoms with Crippen LogP contribution in [0.4, 0.5) is 11.4 Å². The number of nitrogens with zero attached hydrogens (tertiary/aromatic N) is 2. The Morgan fingerprint density at radius 3 is 2.65 bits per heavy atom. The van der Waals surface area contributed by atoms with Crippen LogP contribution in [-0.2, 0) is 0 Å². The maximum absolute atomic E-state index is 10.7. The molecule has 23 heavy (non-hydrogen) atoms. The van der Waals surface area contributed by atoms with E-state index < -0.39 is 4.92 Å². The van der Waals surface area contributed by atoms with E-state index in [4.69, 9.17) is 14.7 Å². The second-order valence-electron chi connectivity index (χ2n) is 4.52. The molecule has 0 atom stereocenters. The van der Waals surface area contributed by atoms with E-state index in [9.17, 15) is 10.1 Å². The number of nitriles is 1. The van der Waals surface area contributed by atoms with Crippen molar-refractivity contribution in [2.24, 2.45) is 0 Å². The summed E-state index contributed by atoms with van der Waals surface area (Å²) >= 11 is 0. The fraction of sp³-hybridized carbons (Fsp3) is 0.188. The van der Waals surface area contributed by atoms with Crippen LogP contribution in [0.5, 0.6) is 11.5 Å². The second-order valence-corrected chi connectivity index (χ2v) is 4.52. The summed E-state index contributed by atoms with van der Waals surface area (Å²) in [6.45, 7) is 0.784. The van der Waals surface area contributed by atoms with Crippen LogP contribution in [0.2, 0.25) is 0 Å². The molecule has 0 saturated carbocycles.